The smallest absolute Gasteiger partial charge is 0.133 e. The second kappa shape index (κ2) is 7.50. The molecule has 1 N–H and O–H groups in total. The number of hydrogen-bond acceptors (Lipinski definition) is 4. The van der Waals surface area contributed by atoms with Gasteiger partial charge in [0.05, 0.1) is 0 Å². The summed E-state index contributed by atoms with van der Waals surface area (Å²) < 4.78 is 1.06. The van der Waals surface area contributed by atoms with Gasteiger partial charge in [-0.3, -0.25) is 0 Å². The minimum Gasteiger partial charge on any atom is -0.354 e. The van der Waals surface area contributed by atoms with Crippen molar-refractivity contribution < 1.29 is 0 Å². The largest absolute Gasteiger partial charge is 0.354 e. The number of nitrogens with zero attached hydrogens (tertiary/aromatic N) is 2. The van der Waals surface area contributed by atoms with Crippen molar-refractivity contribution in [3.05, 3.63) is 22.3 Å². The number of anilines is 1. The van der Waals surface area contributed by atoms with Crippen LogP contribution in [0.4, 0.5) is 5.82 Å². The molecule has 0 aromatic carbocycles. The highest BCUT2D eigenvalue weighted by Gasteiger charge is 2.20. The third-order valence-corrected chi connectivity index (χ3v) is 4.76. The zero-order valence-electron chi connectivity index (χ0n) is 11.7. The highest BCUT2D eigenvalue weighted by atomic mass is 79.9. The summed E-state index contributed by atoms with van der Waals surface area (Å²) in [5.41, 5.74) is 1.29. The van der Waals surface area contributed by atoms with Gasteiger partial charge in [-0.15, -0.1) is 0 Å². The van der Waals surface area contributed by atoms with E-state index in [0.29, 0.717) is 5.25 Å². The van der Waals surface area contributed by atoms with E-state index in [1.165, 1.54) is 11.3 Å². The van der Waals surface area contributed by atoms with Crippen LogP contribution in [0.15, 0.2) is 16.7 Å². The first kappa shape index (κ1) is 15.1. The van der Waals surface area contributed by atoms with Crippen molar-refractivity contribution in [3.8, 4) is 0 Å². The molecule has 2 heterocycles. The van der Waals surface area contributed by atoms with Crippen molar-refractivity contribution in [2.45, 2.75) is 32.1 Å². The lowest BCUT2D eigenvalue weighted by molar-refractivity contribution is 0.667. The molecule has 1 aromatic rings. The first-order chi connectivity index (χ1) is 9.20. The second-order valence-electron chi connectivity index (χ2n) is 4.94. The molecular weight excluding hydrogens is 322 g/mol. The molecular formula is C14H22BrN3S. The summed E-state index contributed by atoms with van der Waals surface area (Å²) in [5.74, 6) is 2.35. The number of thioether (sulfide) groups is 1. The van der Waals surface area contributed by atoms with E-state index >= 15 is 0 Å². The van der Waals surface area contributed by atoms with Crippen molar-refractivity contribution >= 4 is 33.5 Å². The summed E-state index contributed by atoms with van der Waals surface area (Å²) in [5, 5.41) is 4.17. The summed E-state index contributed by atoms with van der Waals surface area (Å²) in [4.78, 5) is 7.07. The number of halogens is 1. The van der Waals surface area contributed by atoms with Crippen LogP contribution in [0.1, 0.15) is 25.8 Å². The maximum atomic E-state index is 4.64. The van der Waals surface area contributed by atoms with E-state index in [2.05, 4.69) is 62.8 Å². The van der Waals surface area contributed by atoms with Gasteiger partial charge in [0.2, 0.25) is 0 Å². The van der Waals surface area contributed by atoms with Crippen molar-refractivity contribution in [1.29, 1.82) is 0 Å². The first-order valence-corrected chi connectivity index (χ1v) is 8.76. The number of hydrogen-bond donors (Lipinski definition) is 1. The quantitative estimate of drug-likeness (QED) is 0.830. The highest BCUT2D eigenvalue weighted by molar-refractivity contribution is 9.10. The molecule has 2 rings (SSSR count). The molecule has 1 atom stereocenters. The minimum atomic E-state index is 0.690. The maximum Gasteiger partial charge on any atom is 0.133 e. The van der Waals surface area contributed by atoms with Gasteiger partial charge in [0.1, 0.15) is 5.82 Å². The molecule has 0 amide bonds. The molecule has 0 bridgehead atoms. The number of nitrogens with one attached hydrogen (secondary N) is 1. The molecule has 0 radical (unpaired) electrons. The highest BCUT2D eigenvalue weighted by Crippen LogP contribution is 2.26. The fraction of sp³-hybridized carbons (Fsp3) is 0.643. The van der Waals surface area contributed by atoms with Crippen LogP contribution in [0.3, 0.4) is 0 Å². The molecule has 1 aliphatic heterocycles. The van der Waals surface area contributed by atoms with Gasteiger partial charge >= 0.3 is 0 Å². The summed E-state index contributed by atoms with van der Waals surface area (Å²) >= 11 is 5.58. The monoisotopic (exact) mass is 343 g/mol. The summed E-state index contributed by atoms with van der Waals surface area (Å²) in [7, 11) is 0. The van der Waals surface area contributed by atoms with Crippen LogP contribution in [0.2, 0.25) is 0 Å². The molecule has 0 spiro atoms. The van der Waals surface area contributed by atoms with E-state index in [1.807, 2.05) is 6.20 Å². The molecule has 0 aliphatic carbocycles. The molecule has 1 aromatic heterocycles. The predicted octanol–water partition coefficient (Wildman–Crippen LogP) is 3.29. The summed E-state index contributed by atoms with van der Waals surface area (Å²) in [6.07, 6.45) is 3.07. The van der Waals surface area contributed by atoms with Gasteiger partial charge in [0, 0.05) is 46.9 Å². The van der Waals surface area contributed by atoms with E-state index in [1.54, 1.807) is 0 Å². The zero-order valence-corrected chi connectivity index (χ0v) is 14.1. The van der Waals surface area contributed by atoms with Gasteiger partial charge in [-0.25, -0.2) is 4.98 Å². The third kappa shape index (κ3) is 4.36. The predicted molar refractivity (Wildman–Crippen MR) is 88.1 cm³/mol. The maximum absolute atomic E-state index is 4.64. The average molecular weight is 344 g/mol. The van der Waals surface area contributed by atoms with Crippen molar-refractivity contribution in [2.75, 3.05) is 30.3 Å². The van der Waals surface area contributed by atoms with Crippen molar-refractivity contribution in [2.24, 2.45) is 0 Å². The lowest BCUT2D eigenvalue weighted by Crippen LogP contribution is -2.38. The fourth-order valence-electron chi connectivity index (χ4n) is 2.30. The SMILES string of the molecule is CCCNCc1cc(Br)cnc1N1CCSC(C)C1. The van der Waals surface area contributed by atoms with E-state index < -0.39 is 0 Å². The topological polar surface area (TPSA) is 28.2 Å². The van der Waals surface area contributed by atoms with Crippen molar-refractivity contribution in [1.82, 2.24) is 10.3 Å². The van der Waals surface area contributed by atoms with Gasteiger partial charge in [-0.1, -0.05) is 13.8 Å². The van der Waals surface area contributed by atoms with Crippen LogP contribution in [0, 0.1) is 0 Å². The van der Waals surface area contributed by atoms with E-state index in [-0.39, 0.29) is 0 Å². The van der Waals surface area contributed by atoms with Gasteiger partial charge in [-0.05, 0) is 35.0 Å². The molecule has 1 fully saturated rings. The van der Waals surface area contributed by atoms with Crippen LogP contribution in [0.25, 0.3) is 0 Å². The van der Waals surface area contributed by atoms with Gasteiger partial charge in [0.25, 0.3) is 0 Å². The molecule has 1 aliphatic rings. The van der Waals surface area contributed by atoms with Crippen LogP contribution < -0.4 is 10.2 Å². The standard InChI is InChI=1S/C14H22BrN3S/c1-3-4-16-8-12-7-13(15)9-17-14(12)18-5-6-19-11(2)10-18/h7,9,11,16H,3-6,8,10H2,1-2H3. The third-order valence-electron chi connectivity index (χ3n) is 3.19. The van der Waals surface area contributed by atoms with Crippen LogP contribution >= 0.6 is 27.7 Å². The minimum absolute atomic E-state index is 0.690. The fourth-order valence-corrected chi connectivity index (χ4v) is 3.69. The van der Waals surface area contributed by atoms with Crippen LogP contribution in [-0.2, 0) is 6.54 Å². The summed E-state index contributed by atoms with van der Waals surface area (Å²) in [6, 6.07) is 2.19. The molecule has 5 heteroatoms. The Morgan fingerprint density at radius 3 is 3.16 bits per heavy atom. The molecule has 3 nitrogen and oxygen atoms in total. The van der Waals surface area contributed by atoms with Crippen molar-refractivity contribution in [3.63, 3.8) is 0 Å². The Bertz CT molecular complexity index is 414. The van der Waals surface area contributed by atoms with Crippen LogP contribution in [-0.4, -0.2) is 35.6 Å². The average Bonchev–Trinajstić information content (AvgIpc) is 2.39. The van der Waals surface area contributed by atoms with Gasteiger partial charge in [-0.2, -0.15) is 11.8 Å². The van der Waals surface area contributed by atoms with E-state index in [9.17, 15) is 0 Å². The van der Waals surface area contributed by atoms with E-state index in [0.717, 1.165) is 42.9 Å². The normalized spacial score (nSPS) is 19.7. The van der Waals surface area contributed by atoms with Gasteiger partial charge in [0.15, 0.2) is 0 Å². The number of aromatic nitrogens is 1. The number of rotatable bonds is 5. The molecule has 19 heavy (non-hydrogen) atoms. The van der Waals surface area contributed by atoms with Crippen LogP contribution in [0.5, 0.6) is 0 Å². The summed E-state index contributed by atoms with van der Waals surface area (Å²) in [6.45, 7) is 8.64. The Morgan fingerprint density at radius 2 is 2.42 bits per heavy atom. The molecule has 106 valence electrons. The Kier molecular flexibility index (Phi) is 5.98. The Labute approximate surface area is 128 Å². The Hall–Kier alpha value is -0.260. The van der Waals surface area contributed by atoms with E-state index in [4.69, 9.17) is 0 Å². The molecule has 0 saturated carbocycles. The first-order valence-electron chi connectivity index (χ1n) is 6.92. The number of pyridine rings is 1. The van der Waals surface area contributed by atoms with Gasteiger partial charge < -0.3 is 10.2 Å². The second-order valence-corrected chi connectivity index (χ2v) is 7.40. The zero-order chi connectivity index (χ0) is 13.7. The Morgan fingerprint density at radius 1 is 1.58 bits per heavy atom. The Balaban J connectivity index is 2.13. The molecule has 1 saturated heterocycles. The lowest BCUT2D eigenvalue weighted by atomic mass is 10.2. The molecule has 1 unspecified atom stereocenters. The lowest BCUT2D eigenvalue weighted by Gasteiger charge is -2.32.